The minimum Gasteiger partial charge on any atom is -0.462 e. The molecule has 0 radical (unpaired) electrons. The summed E-state index contributed by atoms with van der Waals surface area (Å²) in [5.41, 5.74) is 0. The Morgan fingerprint density at radius 3 is 0.845 bits per heavy atom. The van der Waals surface area contributed by atoms with Crippen LogP contribution in [0.25, 0.3) is 0 Å². The van der Waals surface area contributed by atoms with Crippen LogP contribution in [0.3, 0.4) is 0 Å². The van der Waals surface area contributed by atoms with Gasteiger partial charge in [0.25, 0.3) is 0 Å². The fourth-order valence-electron chi connectivity index (χ4n) is 9.57. The van der Waals surface area contributed by atoms with Crippen LogP contribution in [0.2, 0.25) is 0 Å². The molecular weight excluding hydrogens is 1110 g/mol. The van der Waals surface area contributed by atoms with Gasteiger partial charge in [-0.1, -0.05) is 261 Å². The summed E-state index contributed by atoms with van der Waals surface area (Å²) < 4.78 is 67.9. The molecule has 17 nitrogen and oxygen atoms in total. The van der Waals surface area contributed by atoms with Crippen molar-refractivity contribution in [2.75, 3.05) is 39.6 Å². The van der Waals surface area contributed by atoms with Gasteiger partial charge in [0.2, 0.25) is 0 Å². The van der Waals surface area contributed by atoms with Crippen molar-refractivity contribution in [1.82, 2.24) is 0 Å². The number of carbonyl (C=O) groups excluding carboxylic acids is 4. The van der Waals surface area contributed by atoms with Gasteiger partial charge in [-0.15, -0.1) is 0 Å². The molecule has 0 saturated heterocycles. The van der Waals surface area contributed by atoms with Crippen LogP contribution in [0.5, 0.6) is 0 Å². The standard InChI is InChI=1S/C65H126O17P2/c1-9-58(8)44-36-28-21-24-32-40-48-65(70)82-60(51-75-62(67)45-37-29-18-16-14-12-10-11-13-15-17-25-33-41-55(2)3)53-79-83(71,72)77-49-59(66)50-78-84(73,74)80-54-61(81-64(69)47-39-31-23-20-27-35-43-57(6)7)52-76-63(68)46-38-30-22-19-26-34-42-56(4)5/h55-61,66H,9-54H2,1-8H3,(H,71,72)(H,73,74)/t58?,59-,60-,61-/m1/s1. The molecule has 0 aromatic heterocycles. The number of unbranched alkanes of at least 4 members (excludes halogenated alkanes) is 27. The van der Waals surface area contributed by atoms with Crippen molar-refractivity contribution in [2.45, 2.75) is 331 Å². The SMILES string of the molecule is CCC(C)CCCCCCCCC(=O)O[C@H](COC(=O)CCCCCCCCCCCCCCCC(C)C)COP(=O)(O)OC[C@@H](O)COP(=O)(O)OC[C@@H](COC(=O)CCCCCCCCC(C)C)OC(=O)CCCCCCCCC(C)C. The van der Waals surface area contributed by atoms with Gasteiger partial charge in [0.1, 0.15) is 19.3 Å². The predicted octanol–water partition coefficient (Wildman–Crippen LogP) is 17.8. The van der Waals surface area contributed by atoms with Crippen LogP contribution in [0.15, 0.2) is 0 Å². The second kappa shape index (κ2) is 55.2. The summed E-state index contributed by atoms with van der Waals surface area (Å²) >= 11 is 0. The number of aliphatic hydroxyl groups is 1. The third-order valence-corrected chi connectivity index (χ3v) is 17.1. The minimum atomic E-state index is -4.95. The van der Waals surface area contributed by atoms with Crippen molar-refractivity contribution in [3.05, 3.63) is 0 Å². The Kier molecular flexibility index (Phi) is 53.9. The lowest BCUT2D eigenvalue weighted by Crippen LogP contribution is -2.30. The lowest BCUT2D eigenvalue weighted by Gasteiger charge is -2.21. The highest BCUT2D eigenvalue weighted by atomic mass is 31.2. The molecule has 19 heteroatoms. The Bertz CT molecular complexity index is 1680. The quantitative estimate of drug-likeness (QED) is 0.0222. The first-order valence-electron chi connectivity index (χ1n) is 33.7. The first kappa shape index (κ1) is 82.1. The average Bonchev–Trinajstić information content (AvgIpc) is 3.46. The molecule has 3 unspecified atom stereocenters. The van der Waals surface area contributed by atoms with Crippen molar-refractivity contribution >= 4 is 39.5 Å². The van der Waals surface area contributed by atoms with Crippen LogP contribution in [0, 0.1) is 23.7 Å². The summed E-state index contributed by atoms with van der Waals surface area (Å²) in [5.74, 6) is 0.715. The fraction of sp³-hybridized carbons (Fsp3) is 0.938. The van der Waals surface area contributed by atoms with Gasteiger partial charge in [-0.3, -0.25) is 37.3 Å². The maximum absolute atomic E-state index is 13.0. The highest BCUT2D eigenvalue weighted by molar-refractivity contribution is 7.47. The molecule has 84 heavy (non-hydrogen) atoms. The number of hydrogen-bond donors (Lipinski definition) is 3. The third-order valence-electron chi connectivity index (χ3n) is 15.2. The van der Waals surface area contributed by atoms with E-state index in [1.165, 1.54) is 109 Å². The lowest BCUT2D eigenvalue weighted by molar-refractivity contribution is -0.161. The number of aliphatic hydroxyl groups excluding tert-OH is 1. The zero-order chi connectivity index (χ0) is 62.5. The van der Waals surface area contributed by atoms with E-state index in [1.807, 2.05) is 0 Å². The van der Waals surface area contributed by atoms with E-state index in [2.05, 4.69) is 55.4 Å². The van der Waals surface area contributed by atoms with E-state index >= 15 is 0 Å². The van der Waals surface area contributed by atoms with Crippen LogP contribution in [-0.2, 0) is 65.4 Å². The summed E-state index contributed by atoms with van der Waals surface area (Å²) in [7, 11) is -9.89. The Morgan fingerprint density at radius 1 is 0.333 bits per heavy atom. The molecule has 6 atom stereocenters. The number of rotatable bonds is 62. The number of hydrogen-bond acceptors (Lipinski definition) is 15. The van der Waals surface area contributed by atoms with Crippen LogP contribution in [0.4, 0.5) is 0 Å². The molecule has 0 aliphatic rings. The molecule has 0 fully saturated rings. The van der Waals surface area contributed by atoms with Crippen molar-refractivity contribution in [3.63, 3.8) is 0 Å². The molecule has 0 aliphatic carbocycles. The van der Waals surface area contributed by atoms with Crippen molar-refractivity contribution < 1.29 is 80.2 Å². The summed E-state index contributed by atoms with van der Waals surface area (Å²) in [4.78, 5) is 72.2. The van der Waals surface area contributed by atoms with E-state index in [1.54, 1.807) is 0 Å². The van der Waals surface area contributed by atoms with Crippen LogP contribution in [-0.4, -0.2) is 96.7 Å². The molecule has 3 N–H and O–H groups in total. The van der Waals surface area contributed by atoms with Gasteiger partial charge in [0, 0.05) is 25.7 Å². The van der Waals surface area contributed by atoms with Gasteiger partial charge in [-0.25, -0.2) is 9.13 Å². The van der Waals surface area contributed by atoms with Crippen molar-refractivity contribution in [2.24, 2.45) is 23.7 Å². The second-order valence-electron chi connectivity index (χ2n) is 25.2. The molecule has 0 aromatic rings. The van der Waals surface area contributed by atoms with Gasteiger partial charge < -0.3 is 33.8 Å². The monoisotopic (exact) mass is 1240 g/mol. The van der Waals surface area contributed by atoms with E-state index in [-0.39, 0.29) is 25.7 Å². The van der Waals surface area contributed by atoms with E-state index in [9.17, 15) is 43.2 Å². The number of ether oxygens (including phenoxy) is 4. The van der Waals surface area contributed by atoms with E-state index < -0.39 is 97.5 Å². The summed E-state index contributed by atoms with van der Waals surface area (Å²) in [5, 5.41) is 10.5. The zero-order valence-corrected chi connectivity index (χ0v) is 56.3. The topological polar surface area (TPSA) is 237 Å². The molecule has 0 heterocycles. The van der Waals surface area contributed by atoms with Crippen LogP contribution < -0.4 is 0 Å². The van der Waals surface area contributed by atoms with Gasteiger partial charge in [-0.05, 0) is 49.4 Å². The zero-order valence-electron chi connectivity index (χ0n) is 54.5. The lowest BCUT2D eigenvalue weighted by atomic mass is 10.00. The maximum Gasteiger partial charge on any atom is 0.472 e. The molecule has 0 amide bonds. The Hall–Kier alpha value is -1.94. The van der Waals surface area contributed by atoms with E-state index in [0.717, 1.165) is 108 Å². The molecule has 498 valence electrons. The maximum atomic E-state index is 13.0. The fourth-order valence-corrected chi connectivity index (χ4v) is 11.2. The highest BCUT2D eigenvalue weighted by Gasteiger charge is 2.30. The number of phosphoric ester groups is 2. The summed E-state index contributed by atoms with van der Waals surface area (Å²) in [6, 6.07) is 0. The summed E-state index contributed by atoms with van der Waals surface area (Å²) in [6.45, 7) is 13.9. The molecule has 0 spiro atoms. The Morgan fingerprint density at radius 2 is 0.571 bits per heavy atom. The Labute approximate surface area is 511 Å². The number of phosphoric acid groups is 2. The van der Waals surface area contributed by atoms with Gasteiger partial charge in [0.05, 0.1) is 26.4 Å². The molecular formula is C65H126O17P2. The molecule has 0 rings (SSSR count). The van der Waals surface area contributed by atoms with Gasteiger partial charge >= 0.3 is 39.5 Å². The van der Waals surface area contributed by atoms with E-state index in [0.29, 0.717) is 37.5 Å². The first-order chi connectivity index (χ1) is 40.1. The van der Waals surface area contributed by atoms with Gasteiger partial charge in [0.15, 0.2) is 12.2 Å². The average molecular weight is 1240 g/mol. The highest BCUT2D eigenvalue weighted by Crippen LogP contribution is 2.45. The first-order valence-corrected chi connectivity index (χ1v) is 36.7. The number of esters is 4. The minimum absolute atomic E-state index is 0.100. The normalized spacial score (nSPS) is 14.7. The van der Waals surface area contributed by atoms with Crippen LogP contribution in [0.1, 0.15) is 312 Å². The Balaban J connectivity index is 5.20. The smallest absolute Gasteiger partial charge is 0.462 e. The third kappa shape index (κ3) is 57.8. The molecule has 0 bridgehead atoms. The van der Waals surface area contributed by atoms with E-state index in [4.69, 9.17) is 37.0 Å². The second-order valence-corrected chi connectivity index (χ2v) is 28.1. The molecule has 0 aromatic carbocycles. The predicted molar refractivity (Wildman–Crippen MR) is 335 cm³/mol. The molecule has 0 saturated carbocycles. The van der Waals surface area contributed by atoms with Crippen molar-refractivity contribution in [3.8, 4) is 0 Å². The summed E-state index contributed by atoms with van der Waals surface area (Å²) in [6.07, 6.45) is 35.2. The number of carbonyl (C=O) groups is 4. The molecule has 0 aliphatic heterocycles. The van der Waals surface area contributed by atoms with Crippen LogP contribution >= 0.6 is 15.6 Å². The largest absolute Gasteiger partial charge is 0.472 e. The van der Waals surface area contributed by atoms with Crippen molar-refractivity contribution in [1.29, 1.82) is 0 Å². The van der Waals surface area contributed by atoms with Gasteiger partial charge in [-0.2, -0.15) is 0 Å².